The van der Waals surface area contributed by atoms with Gasteiger partial charge in [-0.1, -0.05) is 31.2 Å². The Morgan fingerprint density at radius 2 is 1.74 bits per heavy atom. The molecular weight excluding hydrogens is 286 g/mol. The van der Waals surface area contributed by atoms with Crippen LogP contribution in [0.5, 0.6) is 0 Å². The third-order valence-corrected chi connectivity index (χ3v) is 4.30. The summed E-state index contributed by atoms with van der Waals surface area (Å²) >= 11 is 0. The average molecular weight is 309 g/mol. The lowest BCUT2D eigenvalue weighted by molar-refractivity contribution is -0.118. The number of nitrogens with zero attached hydrogens (tertiary/aromatic N) is 2. The third-order valence-electron chi connectivity index (χ3n) is 4.30. The van der Waals surface area contributed by atoms with Gasteiger partial charge in [0.1, 0.15) is 0 Å². The number of rotatable bonds is 2. The topological polar surface area (TPSA) is 49.6 Å². The Labute approximate surface area is 137 Å². The Hall–Kier alpha value is -2.49. The second-order valence-electron chi connectivity index (χ2n) is 6.40. The standard InChI is InChI=1S/C19H23N3O/c1-14-12-21(2)17-5-3-4-6-18(17)22(13-14)19(23)11-15-7-9-16(20)10-8-15/h3-10,14H,11-13,20H2,1-2H3. The van der Waals surface area contributed by atoms with Crippen LogP contribution in [0.4, 0.5) is 17.1 Å². The van der Waals surface area contributed by atoms with E-state index in [4.69, 9.17) is 5.73 Å². The van der Waals surface area contributed by atoms with Crippen molar-refractivity contribution < 1.29 is 4.79 Å². The second kappa shape index (κ2) is 6.32. The molecule has 1 unspecified atom stereocenters. The number of hydrogen-bond donors (Lipinski definition) is 1. The van der Waals surface area contributed by atoms with Gasteiger partial charge >= 0.3 is 0 Å². The number of benzene rings is 2. The van der Waals surface area contributed by atoms with E-state index in [1.165, 1.54) is 0 Å². The van der Waals surface area contributed by atoms with Gasteiger partial charge in [-0.2, -0.15) is 0 Å². The molecule has 2 aromatic carbocycles. The monoisotopic (exact) mass is 309 g/mol. The summed E-state index contributed by atoms with van der Waals surface area (Å²) in [5.41, 5.74) is 9.54. The lowest BCUT2D eigenvalue weighted by Gasteiger charge is -2.24. The highest BCUT2D eigenvalue weighted by Gasteiger charge is 2.26. The Kier molecular flexibility index (Phi) is 4.24. The van der Waals surface area contributed by atoms with Crippen molar-refractivity contribution in [2.45, 2.75) is 13.3 Å². The smallest absolute Gasteiger partial charge is 0.231 e. The largest absolute Gasteiger partial charge is 0.399 e. The van der Waals surface area contributed by atoms with Gasteiger partial charge in [-0.15, -0.1) is 0 Å². The van der Waals surface area contributed by atoms with Crippen molar-refractivity contribution in [1.29, 1.82) is 0 Å². The van der Waals surface area contributed by atoms with Crippen LogP contribution in [-0.2, 0) is 11.2 Å². The molecule has 1 atom stereocenters. The van der Waals surface area contributed by atoms with Gasteiger partial charge in [-0.25, -0.2) is 0 Å². The van der Waals surface area contributed by atoms with E-state index in [-0.39, 0.29) is 5.91 Å². The fourth-order valence-corrected chi connectivity index (χ4v) is 3.19. The normalized spacial score (nSPS) is 17.6. The molecule has 1 amide bonds. The molecule has 0 aromatic heterocycles. The minimum Gasteiger partial charge on any atom is -0.399 e. The van der Waals surface area contributed by atoms with Gasteiger partial charge in [-0.05, 0) is 35.7 Å². The molecule has 4 nitrogen and oxygen atoms in total. The SMILES string of the molecule is CC1CN(C)c2ccccc2N(C(=O)Cc2ccc(N)cc2)C1. The van der Waals surface area contributed by atoms with Crippen molar-refractivity contribution in [2.75, 3.05) is 35.7 Å². The lowest BCUT2D eigenvalue weighted by atomic mass is 10.1. The van der Waals surface area contributed by atoms with Crippen LogP contribution in [-0.4, -0.2) is 26.0 Å². The van der Waals surface area contributed by atoms with Crippen LogP contribution in [0.25, 0.3) is 0 Å². The molecular formula is C19H23N3O. The number of hydrogen-bond acceptors (Lipinski definition) is 3. The maximum Gasteiger partial charge on any atom is 0.231 e. The molecule has 1 heterocycles. The van der Waals surface area contributed by atoms with E-state index in [0.29, 0.717) is 12.3 Å². The highest BCUT2D eigenvalue weighted by molar-refractivity contribution is 5.98. The van der Waals surface area contributed by atoms with Gasteiger partial charge in [0.2, 0.25) is 5.91 Å². The van der Waals surface area contributed by atoms with Gasteiger partial charge in [0.25, 0.3) is 0 Å². The summed E-state index contributed by atoms with van der Waals surface area (Å²) < 4.78 is 0. The predicted molar refractivity (Wildman–Crippen MR) is 95.8 cm³/mol. The zero-order chi connectivity index (χ0) is 16.4. The molecule has 23 heavy (non-hydrogen) atoms. The maximum absolute atomic E-state index is 12.9. The van der Waals surface area contributed by atoms with Crippen LogP contribution in [0.2, 0.25) is 0 Å². The first-order valence-corrected chi connectivity index (χ1v) is 7.99. The number of anilines is 3. The van der Waals surface area contributed by atoms with Crippen LogP contribution in [0.1, 0.15) is 12.5 Å². The number of carbonyl (C=O) groups is 1. The van der Waals surface area contributed by atoms with E-state index in [1.807, 2.05) is 47.4 Å². The number of fused-ring (bicyclic) bond motifs is 1. The summed E-state index contributed by atoms with van der Waals surface area (Å²) in [7, 11) is 2.09. The van der Waals surface area contributed by atoms with Crippen molar-refractivity contribution >= 4 is 23.0 Å². The summed E-state index contributed by atoms with van der Waals surface area (Å²) in [6.07, 6.45) is 0.394. The molecule has 0 fully saturated rings. The Morgan fingerprint density at radius 3 is 2.43 bits per heavy atom. The van der Waals surface area contributed by atoms with Gasteiger partial charge in [0, 0.05) is 25.8 Å². The molecule has 4 heteroatoms. The molecule has 3 rings (SSSR count). The number of nitrogen functional groups attached to an aromatic ring is 1. The molecule has 2 aromatic rings. The van der Waals surface area contributed by atoms with Crippen LogP contribution in [0.15, 0.2) is 48.5 Å². The van der Waals surface area contributed by atoms with E-state index < -0.39 is 0 Å². The van der Waals surface area contributed by atoms with Crippen LogP contribution >= 0.6 is 0 Å². The van der Waals surface area contributed by atoms with Crippen molar-refractivity contribution in [3.63, 3.8) is 0 Å². The fourth-order valence-electron chi connectivity index (χ4n) is 3.19. The van der Waals surface area contributed by atoms with Crippen LogP contribution in [0, 0.1) is 5.92 Å². The van der Waals surface area contributed by atoms with Gasteiger partial charge < -0.3 is 15.5 Å². The molecule has 0 saturated heterocycles. The summed E-state index contributed by atoms with van der Waals surface area (Å²) in [5, 5.41) is 0. The lowest BCUT2D eigenvalue weighted by Crippen LogP contribution is -2.35. The van der Waals surface area contributed by atoms with Gasteiger partial charge in [-0.3, -0.25) is 4.79 Å². The summed E-state index contributed by atoms with van der Waals surface area (Å²) in [4.78, 5) is 17.1. The quantitative estimate of drug-likeness (QED) is 0.868. The van der Waals surface area contributed by atoms with E-state index in [1.54, 1.807) is 0 Å². The minimum absolute atomic E-state index is 0.129. The summed E-state index contributed by atoms with van der Waals surface area (Å²) in [6, 6.07) is 15.7. The number of nitrogens with two attached hydrogens (primary N) is 1. The third kappa shape index (κ3) is 3.31. The average Bonchev–Trinajstić information content (AvgIpc) is 2.66. The highest BCUT2D eigenvalue weighted by atomic mass is 16.2. The second-order valence-corrected chi connectivity index (χ2v) is 6.40. The van der Waals surface area contributed by atoms with Crippen LogP contribution < -0.4 is 15.5 Å². The molecule has 0 spiro atoms. The first-order valence-electron chi connectivity index (χ1n) is 7.99. The van der Waals surface area contributed by atoms with Gasteiger partial charge in [0.05, 0.1) is 17.8 Å². The van der Waals surface area contributed by atoms with Crippen molar-refractivity contribution in [1.82, 2.24) is 0 Å². The molecule has 1 aliphatic rings. The first-order chi connectivity index (χ1) is 11.0. The number of para-hydroxylation sites is 2. The van der Waals surface area contributed by atoms with Crippen molar-refractivity contribution in [2.24, 2.45) is 5.92 Å². The van der Waals surface area contributed by atoms with E-state index in [2.05, 4.69) is 24.9 Å². The predicted octanol–water partition coefficient (Wildman–Crippen LogP) is 2.93. The molecule has 2 N–H and O–H groups in total. The van der Waals surface area contributed by atoms with E-state index in [0.717, 1.165) is 35.7 Å². The minimum atomic E-state index is 0.129. The number of amides is 1. The summed E-state index contributed by atoms with van der Waals surface area (Å²) in [6.45, 7) is 3.88. The van der Waals surface area contributed by atoms with Crippen molar-refractivity contribution in [3.8, 4) is 0 Å². The number of carbonyl (C=O) groups excluding carboxylic acids is 1. The van der Waals surface area contributed by atoms with E-state index >= 15 is 0 Å². The Balaban J connectivity index is 1.89. The Morgan fingerprint density at radius 1 is 1.09 bits per heavy atom. The molecule has 1 aliphatic heterocycles. The van der Waals surface area contributed by atoms with Gasteiger partial charge in [0.15, 0.2) is 0 Å². The zero-order valence-corrected chi connectivity index (χ0v) is 13.7. The zero-order valence-electron chi connectivity index (χ0n) is 13.7. The molecule has 120 valence electrons. The Bertz CT molecular complexity index is 696. The van der Waals surface area contributed by atoms with Crippen molar-refractivity contribution in [3.05, 3.63) is 54.1 Å². The maximum atomic E-state index is 12.9. The van der Waals surface area contributed by atoms with Crippen LogP contribution in [0.3, 0.4) is 0 Å². The molecule has 0 radical (unpaired) electrons. The molecule has 0 aliphatic carbocycles. The fraction of sp³-hybridized carbons (Fsp3) is 0.316. The highest BCUT2D eigenvalue weighted by Crippen LogP contribution is 2.32. The molecule has 0 saturated carbocycles. The molecule has 0 bridgehead atoms. The van der Waals surface area contributed by atoms with E-state index in [9.17, 15) is 4.79 Å². The summed E-state index contributed by atoms with van der Waals surface area (Å²) in [5.74, 6) is 0.548. The first kappa shape index (κ1) is 15.4.